The van der Waals surface area contributed by atoms with Gasteiger partial charge in [0.2, 0.25) is 0 Å². The van der Waals surface area contributed by atoms with Crippen molar-refractivity contribution in [3.63, 3.8) is 0 Å². The quantitative estimate of drug-likeness (QED) is 0.122. The molecule has 4 nitrogen and oxygen atoms in total. The normalized spacial score (nSPS) is 17.0. The van der Waals surface area contributed by atoms with Gasteiger partial charge in [-0.1, -0.05) is 164 Å². The van der Waals surface area contributed by atoms with E-state index in [1.807, 2.05) is 66.7 Å². The summed E-state index contributed by atoms with van der Waals surface area (Å²) in [6.45, 7) is 4.26. The lowest BCUT2D eigenvalue weighted by Crippen LogP contribution is -2.13. The van der Waals surface area contributed by atoms with E-state index in [4.69, 9.17) is 9.98 Å². The van der Waals surface area contributed by atoms with Crippen LogP contribution in [-0.2, 0) is 6.54 Å². The van der Waals surface area contributed by atoms with E-state index in [-0.39, 0.29) is 5.92 Å². The summed E-state index contributed by atoms with van der Waals surface area (Å²) in [5.41, 5.74) is 11.5. The summed E-state index contributed by atoms with van der Waals surface area (Å²) in [4.78, 5) is 14.0. The molecule has 0 aromatic heterocycles. The molecule has 0 fully saturated rings. The molecule has 0 spiro atoms. The van der Waals surface area contributed by atoms with Crippen molar-refractivity contribution in [1.29, 1.82) is 5.26 Å². The maximum Gasteiger partial charge on any atom is 0.161 e. The number of aliphatic imine (C=N–C) groups is 3. The second kappa shape index (κ2) is 15.3. The Kier molecular flexibility index (Phi) is 9.64. The van der Waals surface area contributed by atoms with E-state index in [2.05, 4.69) is 121 Å². The fraction of sp³-hybridized carbons (Fsp3) is 0.102. The van der Waals surface area contributed by atoms with Crippen LogP contribution in [0.25, 0.3) is 27.5 Å². The van der Waals surface area contributed by atoms with Gasteiger partial charge in [0.1, 0.15) is 0 Å². The van der Waals surface area contributed by atoms with Crippen LogP contribution in [0.1, 0.15) is 52.1 Å². The molecule has 2 aliphatic carbocycles. The van der Waals surface area contributed by atoms with Gasteiger partial charge in [-0.2, -0.15) is 5.26 Å². The number of hydrogen-bond acceptors (Lipinski definition) is 2. The molecule has 0 saturated heterocycles. The minimum absolute atomic E-state index is 0.289. The number of nitriles is 1. The fourth-order valence-corrected chi connectivity index (χ4v) is 7.53. The average molecular weight is 683 g/mol. The monoisotopic (exact) mass is 682 g/mol. The predicted molar refractivity (Wildman–Crippen MR) is 220 cm³/mol. The molecule has 0 heterocycles. The zero-order valence-corrected chi connectivity index (χ0v) is 29.4. The number of allylic oxidation sites excluding steroid dienone is 6. The molecule has 2 atom stereocenters. The summed E-state index contributed by atoms with van der Waals surface area (Å²) >= 11 is 0. The van der Waals surface area contributed by atoms with Crippen molar-refractivity contribution in [2.75, 3.05) is 0 Å². The fourth-order valence-electron chi connectivity index (χ4n) is 7.53. The molecule has 2 aliphatic rings. The van der Waals surface area contributed by atoms with Crippen LogP contribution in [0.15, 0.2) is 190 Å². The van der Waals surface area contributed by atoms with Crippen molar-refractivity contribution in [2.24, 2.45) is 20.9 Å². The zero-order valence-electron chi connectivity index (χ0n) is 29.4. The molecule has 0 radical (unpaired) electrons. The molecule has 0 bridgehead atoms. The van der Waals surface area contributed by atoms with Crippen molar-refractivity contribution >= 4 is 34.7 Å². The van der Waals surface area contributed by atoms with E-state index in [1.165, 1.54) is 44.2 Å². The second-order valence-electron chi connectivity index (χ2n) is 13.5. The molecule has 4 heteroatoms. The molecule has 8 rings (SSSR count). The molecule has 0 saturated carbocycles. The van der Waals surface area contributed by atoms with Crippen LogP contribution in [0, 0.1) is 17.2 Å². The Hall–Kier alpha value is -6.70. The van der Waals surface area contributed by atoms with E-state index in [0.717, 1.165) is 35.1 Å². The van der Waals surface area contributed by atoms with Crippen molar-refractivity contribution in [3.05, 3.63) is 209 Å². The van der Waals surface area contributed by atoms with E-state index in [9.17, 15) is 5.26 Å². The van der Waals surface area contributed by atoms with Gasteiger partial charge in [0.05, 0.1) is 12.6 Å². The lowest BCUT2D eigenvalue weighted by Gasteiger charge is -2.30. The topological polar surface area (TPSA) is 60.9 Å². The molecule has 0 amide bonds. The molecule has 254 valence electrons. The van der Waals surface area contributed by atoms with Gasteiger partial charge in [0.15, 0.2) is 11.7 Å². The highest BCUT2D eigenvalue weighted by atomic mass is 15.0. The van der Waals surface area contributed by atoms with E-state index < -0.39 is 0 Å². The van der Waals surface area contributed by atoms with Gasteiger partial charge in [-0.25, -0.2) is 9.98 Å². The smallest absolute Gasteiger partial charge is 0.161 e. The van der Waals surface area contributed by atoms with Crippen molar-refractivity contribution < 1.29 is 0 Å². The molecule has 6 aromatic carbocycles. The Morgan fingerprint density at radius 3 is 2.13 bits per heavy atom. The predicted octanol–water partition coefficient (Wildman–Crippen LogP) is 11.5. The lowest BCUT2D eigenvalue weighted by atomic mass is 9.74. The van der Waals surface area contributed by atoms with Crippen LogP contribution in [0.3, 0.4) is 0 Å². The first-order chi connectivity index (χ1) is 26.2. The van der Waals surface area contributed by atoms with Gasteiger partial charge in [0, 0.05) is 28.5 Å². The number of benzene rings is 6. The second-order valence-corrected chi connectivity index (χ2v) is 13.5. The maximum atomic E-state index is 9.31. The van der Waals surface area contributed by atoms with Gasteiger partial charge in [-0.3, -0.25) is 4.99 Å². The van der Waals surface area contributed by atoms with Gasteiger partial charge >= 0.3 is 0 Å². The Balaban J connectivity index is 1.04. The molecule has 6 aromatic rings. The van der Waals surface area contributed by atoms with Gasteiger partial charge in [-0.05, 0) is 75.4 Å². The third kappa shape index (κ3) is 7.11. The number of hydrogen-bond donors (Lipinski definition) is 0. The van der Waals surface area contributed by atoms with Crippen LogP contribution in [0.5, 0.6) is 0 Å². The Bertz CT molecular complexity index is 2490. The minimum atomic E-state index is 0.289. The summed E-state index contributed by atoms with van der Waals surface area (Å²) < 4.78 is 0. The number of fused-ring (bicyclic) bond motifs is 2. The first kappa shape index (κ1) is 33.4. The molecule has 53 heavy (non-hydrogen) atoms. The molecular formula is C49H38N4. The maximum absolute atomic E-state index is 9.31. The Morgan fingerprint density at radius 2 is 1.42 bits per heavy atom. The number of nitrogens with zero attached hydrogens (tertiary/aromatic N) is 4. The van der Waals surface area contributed by atoms with Crippen LogP contribution >= 0.6 is 0 Å². The highest BCUT2D eigenvalue weighted by molar-refractivity contribution is 6.12. The highest BCUT2D eigenvalue weighted by Gasteiger charge is 2.26. The lowest BCUT2D eigenvalue weighted by molar-refractivity contribution is 0.774. The average Bonchev–Trinajstić information content (AvgIpc) is 3.24. The Morgan fingerprint density at radius 1 is 0.698 bits per heavy atom. The van der Waals surface area contributed by atoms with E-state index in [1.54, 1.807) is 0 Å². The van der Waals surface area contributed by atoms with Crippen molar-refractivity contribution in [1.82, 2.24) is 0 Å². The van der Waals surface area contributed by atoms with Crippen molar-refractivity contribution in [2.45, 2.75) is 25.3 Å². The van der Waals surface area contributed by atoms with E-state index >= 15 is 0 Å². The van der Waals surface area contributed by atoms with Crippen molar-refractivity contribution in [3.8, 4) is 17.2 Å². The molecular weight excluding hydrogens is 645 g/mol. The highest BCUT2D eigenvalue weighted by Crippen LogP contribution is 2.44. The third-order valence-electron chi connectivity index (χ3n) is 10.3. The van der Waals surface area contributed by atoms with E-state index in [0.29, 0.717) is 24.1 Å². The van der Waals surface area contributed by atoms with Gasteiger partial charge < -0.3 is 0 Å². The van der Waals surface area contributed by atoms with Crippen LogP contribution in [0.2, 0.25) is 0 Å². The van der Waals surface area contributed by atoms with Crippen LogP contribution in [0.4, 0.5) is 0 Å². The third-order valence-corrected chi connectivity index (χ3v) is 10.3. The zero-order chi connectivity index (χ0) is 36.0. The SMILES string of the molecule is C=NC(=NC(=NCc1ccc(-c2cccc3cc(C4CC=C(C5C=CC(C#N)=CC5)c5ccccc54)ccc23)cc1)c1ccccc1)c1ccccc1. The summed E-state index contributed by atoms with van der Waals surface area (Å²) in [5.74, 6) is 1.75. The van der Waals surface area contributed by atoms with Crippen LogP contribution < -0.4 is 0 Å². The summed E-state index contributed by atoms with van der Waals surface area (Å²) in [6, 6.07) is 53.3. The minimum Gasteiger partial charge on any atom is -0.261 e. The number of amidine groups is 2. The summed E-state index contributed by atoms with van der Waals surface area (Å²) in [7, 11) is 0. The molecule has 2 unspecified atom stereocenters. The Labute approximate surface area is 311 Å². The summed E-state index contributed by atoms with van der Waals surface area (Å²) in [5, 5.41) is 11.8. The van der Waals surface area contributed by atoms with Crippen LogP contribution in [-0.4, -0.2) is 18.4 Å². The first-order valence-electron chi connectivity index (χ1n) is 18.1. The summed E-state index contributed by atoms with van der Waals surface area (Å²) in [6.07, 6.45) is 10.5. The van der Waals surface area contributed by atoms with Gasteiger partial charge in [-0.15, -0.1) is 0 Å². The first-order valence-corrected chi connectivity index (χ1v) is 18.1. The standard InChI is InChI=1S/C49H38N4/c1-51-48(38-11-4-2-5-12-38)53-49(39-13-6-3-7-14-39)52-33-35-21-25-36(26-22-35)42-18-10-15-40-31-41(27-28-44(40)42)45-30-29-43(46-16-8-9-17-47(45)46)37-23-19-34(32-50)20-24-37/h2-23,25-29,31,37,45H,1,24,30,33H2. The largest absolute Gasteiger partial charge is 0.261 e. The molecule has 0 aliphatic heterocycles. The van der Waals surface area contributed by atoms with Gasteiger partial charge in [0.25, 0.3) is 0 Å². The number of rotatable bonds is 7. The molecule has 0 N–H and O–H groups in total.